The van der Waals surface area contributed by atoms with E-state index in [1.165, 1.54) is 11.1 Å². The third kappa shape index (κ3) is 4.26. The quantitative estimate of drug-likeness (QED) is 0.456. The normalized spacial score (nSPS) is 10.3. The maximum atomic E-state index is 8.48. The van der Waals surface area contributed by atoms with Crippen LogP contribution in [0.1, 0.15) is 24.0 Å². The molecule has 0 spiro atoms. The van der Waals surface area contributed by atoms with Crippen LogP contribution in [-0.4, -0.2) is 10.5 Å². The molecule has 2 aromatic rings. The first kappa shape index (κ1) is 14.4. The van der Waals surface area contributed by atoms with Gasteiger partial charge in [0.2, 0.25) is 0 Å². The van der Waals surface area contributed by atoms with Gasteiger partial charge in [-0.3, -0.25) is 0 Å². The van der Waals surface area contributed by atoms with Gasteiger partial charge in [-0.05, 0) is 61.1 Å². The van der Waals surface area contributed by atoms with Crippen molar-refractivity contribution in [2.45, 2.75) is 25.7 Å². The van der Waals surface area contributed by atoms with Crippen molar-refractivity contribution in [1.82, 2.24) is 0 Å². The van der Waals surface area contributed by atoms with E-state index < -0.39 is 0 Å². The van der Waals surface area contributed by atoms with E-state index in [4.69, 9.17) is 10.5 Å². The molecule has 106 valence electrons. The summed E-state index contributed by atoms with van der Waals surface area (Å²) in [6.45, 7) is 0. The SMILES string of the molecule is OOc1ccc(CCCCc2ccc(OO)cc2)cc1. The third-order valence-corrected chi connectivity index (χ3v) is 3.24. The minimum atomic E-state index is 0.458. The van der Waals surface area contributed by atoms with Gasteiger partial charge in [-0.1, -0.05) is 24.3 Å². The maximum Gasteiger partial charge on any atom is 0.165 e. The first-order valence-corrected chi connectivity index (χ1v) is 6.62. The van der Waals surface area contributed by atoms with Crippen molar-refractivity contribution in [2.24, 2.45) is 0 Å². The number of benzene rings is 2. The van der Waals surface area contributed by atoms with E-state index in [2.05, 4.69) is 9.78 Å². The van der Waals surface area contributed by atoms with E-state index in [1.807, 2.05) is 24.3 Å². The highest BCUT2D eigenvalue weighted by atomic mass is 17.1. The molecule has 0 aliphatic rings. The molecule has 4 heteroatoms. The van der Waals surface area contributed by atoms with E-state index in [0.29, 0.717) is 11.5 Å². The third-order valence-electron chi connectivity index (χ3n) is 3.24. The molecule has 0 atom stereocenters. The molecule has 0 amide bonds. The van der Waals surface area contributed by atoms with Crippen LogP contribution in [0.25, 0.3) is 0 Å². The van der Waals surface area contributed by atoms with Crippen LogP contribution in [0, 0.1) is 0 Å². The second-order valence-corrected chi connectivity index (χ2v) is 4.68. The highest BCUT2D eigenvalue weighted by Gasteiger charge is 1.98. The Morgan fingerprint density at radius 2 is 0.950 bits per heavy atom. The average molecular weight is 274 g/mol. The van der Waals surface area contributed by atoms with Crippen molar-refractivity contribution in [2.75, 3.05) is 0 Å². The molecule has 2 aromatic carbocycles. The minimum absolute atomic E-state index is 0.458. The Hall–Kier alpha value is -2.04. The molecule has 2 rings (SSSR count). The zero-order valence-corrected chi connectivity index (χ0v) is 11.2. The molecule has 0 saturated heterocycles. The molecule has 0 bridgehead atoms. The number of rotatable bonds is 7. The summed E-state index contributed by atoms with van der Waals surface area (Å²) >= 11 is 0. The predicted octanol–water partition coefficient (Wildman–Crippen LogP) is 3.96. The van der Waals surface area contributed by atoms with Crippen LogP contribution in [0.4, 0.5) is 0 Å². The van der Waals surface area contributed by atoms with Gasteiger partial charge in [0.25, 0.3) is 0 Å². The van der Waals surface area contributed by atoms with Crippen LogP contribution >= 0.6 is 0 Å². The topological polar surface area (TPSA) is 58.9 Å². The molecule has 0 saturated carbocycles. The van der Waals surface area contributed by atoms with Crippen molar-refractivity contribution in [3.05, 3.63) is 59.7 Å². The number of unbranched alkanes of at least 4 members (excludes halogenated alkanes) is 1. The predicted molar refractivity (Wildman–Crippen MR) is 76.0 cm³/mol. The molecule has 0 aromatic heterocycles. The standard InChI is InChI=1S/C16H18O4/c17-19-15-9-5-13(6-10-15)3-1-2-4-14-7-11-16(20-18)12-8-14/h5-12,17-18H,1-4H2. The summed E-state index contributed by atoms with van der Waals surface area (Å²) in [7, 11) is 0. The first-order chi connectivity index (χ1) is 9.81. The smallest absolute Gasteiger partial charge is 0.165 e. The number of hydrogen-bond acceptors (Lipinski definition) is 4. The lowest BCUT2D eigenvalue weighted by molar-refractivity contribution is -0.137. The van der Waals surface area contributed by atoms with E-state index in [0.717, 1.165) is 25.7 Å². The fourth-order valence-corrected chi connectivity index (χ4v) is 2.09. The Morgan fingerprint density at radius 1 is 0.600 bits per heavy atom. The van der Waals surface area contributed by atoms with E-state index in [-0.39, 0.29) is 0 Å². The second kappa shape index (κ2) is 7.53. The highest BCUT2D eigenvalue weighted by molar-refractivity contribution is 5.27. The van der Waals surface area contributed by atoms with Gasteiger partial charge in [0.15, 0.2) is 11.5 Å². The second-order valence-electron chi connectivity index (χ2n) is 4.68. The lowest BCUT2D eigenvalue weighted by Crippen LogP contribution is -1.91. The van der Waals surface area contributed by atoms with Crippen LogP contribution in [0.5, 0.6) is 11.5 Å². The molecule has 4 nitrogen and oxygen atoms in total. The van der Waals surface area contributed by atoms with Crippen LogP contribution in [0.3, 0.4) is 0 Å². The lowest BCUT2D eigenvalue weighted by Gasteiger charge is -2.04. The zero-order chi connectivity index (χ0) is 14.2. The fourth-order valence-electron chi connectivity index (χ4n) is 2.09. The molecule has 0 aliphatic heterocycles. The van der Waals surface area contributed by atoms with Gasteiger partial charge >= 0.3 is 0 Å². The molecule has 0 heterocycles. The maximum absolute atomic E-state index is 8.48. The van der Waals surface area contributed by atoms with E-state index in [1.54, 1.807) is 24.3 Å². The number of aryl methyl sites for hydroxylation is 2. The van der Waals surface area contributed by atoms with Crippen molar-refractivity contribution in [3.63, 3.8) is 0 Å². The van der Waals surface area contributed by atoms with Gasteiger partial charge in [0, 0.05) is 0 Å². The summed E-state index contributed by atoms with van der Waals surface area (Å²) in [6.07, 6.45) is 4.20. The Balaban J connectivity index is 1.72. The van der Waals surface area contributed by atoms with Gasteiger partial charge in [0.1, 0.15) is 0 Å². The monoisotopic (exact) mass is 274 g/mol. The lowest BCUT2D eigenvalue weighted by atomic mass is 10.0. The molecule has 0 unspecified atom stereocenters. The summed E-state index contributed by atoms with van der Waals surface area (Å²) in [5.74, 6) is 0.917. The molecule has 20 heavy (non-hydrogen) atoms. The largest absolute Gasteiger partial charge is 0.340 e. The van der Waals surface area contributed by atoms with Crippen molar-refractivity contribution < 1.29 is 20.3 Å². The molecule has 0 radical (unpaired) electrons. The highest BCUT2D eigenvalue weighted by Crippen LogP contribution is 2.15. The van der Waals surface area contributed by atoms with Gasteiger partial charge in [-0.25, -0.2) is 10.5 Å². The van der Waals surface area contributed by atoms with Crippen LogP contribution in [0.2, 0.25) is 0 Å². The molecule has 0 aliphatic carbocycles. The Morgan fingerprint density at radius 3 is 1.25 bits per heavy atom. The van der Waals surface area contributed by atoms with E-state index in [9.17, 15) is 0 Å². The summed E-state index contributed by atoms with van der Waals surface area (Å²) in [5, 5.41) is 17.0. The summed E-state index contributed by atoms with van der Waals surface area (Å²) in [5.41, 5.74) is 2.46. The summed E-state index contributed by atoms with van der Waals surface area (Å²) in [4.78, 5) is 8.29. The first-order valence-electron chi connectivity index (χ1n) is 6.62. The van der Waals surface area contributed by atoms with Crippen LogP contribution < -0.4 is 9.78 Å². The molecular weight excluding hydrogens is 256 g/mol. The van der Waals surface area contributed by atoms with Crippen molar-refractivity contribution >= 4 is 0 Å². The number of hydrogen-bond donors (Lipinski definition) is 2. The summed E-state index contributed by atoms with van der Waals surface area (Å²) in [6, 6.07) is 14.8. The van der Waals surface area contributed by atoms with E-state index >= 15 is 0 Å². The van der Waals surface area contributed by atoms with Crippen molar-refractivity contribution in [3.8, 4) is 11.5 Å². The van der Waals surface area contributed by atoms with Crippen LogP contribution in [-0.2, 0) is 12.8 Å². The molecule has 0 fully saturated rings. The molecule has 2 N–H and O–H groups in total. The Kier molecular flexibility index (Phi) is 5.41. The van der Waals surface area contributed by atoms with Gasteiger partial charge in [-0.15, -0.1) is 0 Å². The van der Waals surface area contributed by atoms with Gasteiger partial charge in [0.05, 0.1) is 0 Å². The molecular formula is C16H18O4. The summed E-state index contributed by atoms with van der Waals surface area (Å²) < 4.78 is 0. The van der Waals surface area contributed by atoms with Gasteiger partial charge in [-0.2, -0.15) is 0 Å². The Labute approximate surface area is 118 Å². The Bertz CT molecular complexity index is 456. The van der Waals surface area contributed by atoms with Crippen molar-refractivity contribution in [1.29, 1.82) is 0 Å². The van der Waals surface area contributed by atoms with Crippen LogP contribution in [0.15, 0.2) is 48.5 Å². The fraction of sp³-hybridized carbons (Fsp3) is 0.250. The average Bonchev–Trinajstić information content (AvgIpc) is 2.53. The minimum Gasteiger partial charge on any atom is -0.340 e. The van der Waals surface area contributed by atoms with Gasteiger partial charge < -0.3 is 9.78 Å². The zero-order valence-electron chi connectivity index (χ0n) is 11.2.